The molecule has 0 fully saturated rings. The molecule has 0 aliphatic carbocycles. The van der Waals surface area contributed by atoms with E-state index in [0.29, 0.717) is 16.5 Å². The van der Waals surface area contributed by atoms with Crippen molar-refractivity contribution in [1.82, 2.24) is 9.97 Å². The standard InChI is InChI=1S/C13H12BrClN4O2/c1-20-19-5-10-12(16)17-7-18-13(10)21-6-8-4-9(14)2-3-11(8)15/h2-5,7H,6H2,1H3,(H2,16,17,18). The Morgan fingerprint density at radius 1 is 1.43 bits per heavy atom. The molecular weight excluding hydrogens is 360 g/mol. The third-order valence-corrected chi connectivity index (χ3v) is 3.40. The number of nitrogen functional groups attached to an aromatic ring is 1. The summed E-state index contributed by atoms with van der Waals surface area (Å²) in [5, 5.41) is 4.26. The van der Waals surface area contributed by atoms with E-state index in [4.69, 9.17) is 22.1 Å². The van der Waals surface area contributed by atoms with Crippen molar-refractivity contribution in [2.24, 2.45) is 5.16 Å². The highest BCUT2D eigenvalue weighted by Crippen LogP contribution is 2.24. The van der Waals surface area contributed by atoms with Gasteiger partial charge in [0.05, 0.1) is 6.21 Å². The van der Waals surface area contributed by atoms with Crippen LogP contribution in [0.2, 0.25) is 5.02 Å². The SMILES string of the molecule is CON=Cc1c(N)ncnc1OCc1cc(Br)ccc1Cl. The molecule has 21 heavy (non-hydrogen) atoms. The minimum Gasteiger partial charge on any atom is -0.472 e. The average molecular weight is 372 g/mol. The first kappa shape index (κ1) is 15.5. The monoisotopic (exact) mass is 370 g/mol. The van der Waals surface area contributed by atoms with E-state index in [0.717, 1.165) is 10.0 Å². The van der Waals surface area contributed by atoms with Crippen molar-refractivity contribution in [2.75, 3.05) is 12.8 Å². The summed E-state index contributed by atoms with van der Waals surface area (Å²) in [4.78, 5) is 12.6. The molecule has 0 saturated carbocycles. The molecule has 1 aromatic heterocycles. The van der Waals surface area contributed by atoms with Crippen molar-refractivity contribution in [1.29, 1.82) is 0 Å². The van der Waals surface area contributed by atoms with Crippen LogP contribution in [-0.2, 0) is 11.4 Å². The van der Waals surface area contributed by atoms with Crippen LogP contribution in [0.15, 0.2) is 34.2 Å². The molecule has 0 bridgehead atoms. The number of benzene rings is 1. The number of nitrogens with two attached hydrogens (primary N) is 1. The fourth-order valence-corrected chi connectivity index (χ4v) is 2.11. The lowest BCUT2D eigenvalue weighted by Gasteiger charge is -2.10. The van der Waals surface area contributed by atoms with Crippen molar-refractivity contribution >= 4 is 39.6 Å². The third-order valence-electron chi connectivity index (χ3n) is 2.54. The second kappa shape index (κ2) is 7.24. The van der Waals surface area contributed by atoms with E-state index in [1.165, 1.54) is 19.7 Å². The second-order valence-electron chi connectivity index (χ2n) is 3.92. The van der Waals surface area contributed by atoms with E-state index >= 15 is 0 Å². The van der Waals surface area contributed by atoms with Crippen molar-refractivity contribution in [3.63, 3.8) is 0 Å². The Labute approximate surface area is 135 Å². The lowest BCUT2D eigenvalue weighted by Crippen LogP contribution is -2.05. The Balaban J connectivity index is 2.22. The number of oxime groups is 1. The van der Waals surface area contributed by atoms with Gasteiger partial charge in [-0.05, 0) is 18.2 Å². The lowest BCUT2D eigenvalue weighted by atomic mass is 10.2. The van der Waals surface area contributed by atoms with Gasteiger partial charge < -0.3 is 15.3 Å². The van der Waals surface area contributed by atoms with Crippen LogP contribution in [0.4, 0.5) is 5.82 Å². The molecular formula is C13H12BrClN4O2. The van der Waals surface area contributed by atoms with Crippen molar-refractivity contribution in [3.8, 4) is 5.88 Å². The van der Waals surface area contributed by atoms with Crippen LogP contribution < -0.4 is 10.5 Å². The maximum Gasteiger partial charge on any atom is 0.228 e. The van der Waals surface area contributed by atoms with Crippen LogP contribution in [-0.4, -0.2) is 23.3 Å². The molecule has 0 amide bonds. The number of halogens is 2. The molecule has 1 heterocycles. The quantitative estimate of drug-likeness (QED) is 0.645. The van der Waals surface area contributed by atoms with Crippen LogP contribution >= 0.6 is 27.5 Å². The number of aromatic nitrogens is 2. The van der Waals surface area contributed by atoms with Gasteiger partial charge in [-0.2, -0.15) is 0 Å². The first-order valence-electron chi connectivity index (χ1n) is 5.85. The minimum atomic E-state index is 0.239. The van der Waals surface area contributed by atoms with Crippen molar-refractivity contribution < 1.29 is 9.57 Å². The Morgan fingerprint density at radius 2 is 2.24 bits per heavy atom. The fourth-order valence-electron chi connectivity index (χ4n) is 1.53. The molecule has 2 N–H and O–H groups in total. The summed E-state index contributed by atoms with van der Waals surface area (Å²) < 4.78 is 6.56. The maximum absolute atomic E-state index is 6.11. The summed E-state index contributed by atoms with van der Waals surface area (Å²) in [5.41, 5.74) is 7.04. The molecule has 6 nitrogen and oxygen atoms in total. The summed E-state index contributed by atoms with van der Waals surface area (Å²) in [5.74, 6) is 0.556. The smallest absolute Gasteiger partial charge is 0.228 e. The highest BCUT2D eigenvalue weighted by molar-refractivity contribution is 9.10. The van der Waals surface area contributed by atoms with E-state index in [1.807, 2.05) is 12.1 Å². The number of rotatable bonds is 5. The van der Waals surface area contributed by atoms with E-state index in [-0.39, 0.29) is 12.4 Å². The maximum atomic E-state index is 6.11. The number of hydrogen-bond donors (Lipinski definition) is 1. The Bertz CT molecular complexity index is 667. The topological polar surface area (TPSA) is 82.6 Å². The Morgan fingerprint density at radius 3 is 3.00 bits per heavy atom. The molecule has 0 saturated heterocycles. The predicted molar refractivity (Wildman–Crippen MR) is 84.5 cm³/mol. The number of ether oxygens (including phenoxy) is 1. The van der Waals surface area contributed by atoms with Gasteiger partial charge in [0.2, 0.25) is 5.88 Å². The van der Waals surface area contributed by atoms with Gasteiger partial charge in [-0.3, -0.25) is 0 Å². The minimum absolute atomic E-state index is 0.239. The normalized spacial score (nSPS) is 10.8. The lowest BCUT2D eigenvalue weighted by molar-refractivity contribution is 0.215. The van der Waals surface area contributed by atoms with E-state index in [9.17, 15) is 0 Å². The van der Waals surface area contributed by atoms with Gasteiger partial charge in [-0.25, -0.2) is 9.97 Å². The van der Waals surface area contributed by atoms with E-state index < -0.39 is 0 Å². The highest BCUT2D eigenvalue weighted by Gasteiger charge is 2.10. The molecule has 0 spiro atoms. The van der Waals surface area contributed by atoms with Crippen LogP contribution in [0, 0.1) is 0 Å². The number of nitrogens with zero attached hydrogens (tertiary/aromatic N) is 3. The van der Waals surface area contributed by atoms with Gasteiger partial charge >= 0.3 is 0 Å². The zero-order valence-electron chi connectivity index (χ0n) is 11.1. The van der Waals surface area contributed by atoms with Crippen LogP contribution in [0.1, 0.15) is 11.1 Å². The largest absolute Gasteiger partial charge is 0.472 e. The molecule has 0 radical (unpaired) electrons. The molecule has 2 aromatic rings. The van der Waals surface area contributed by atoms with Gasteiger partial charge in [0.25, 0.3) is 0 Å². The van der Waals surface area contributed by atoms with Crippen LogP contribution in [0.25, 0.3) is 0 Å². The molecule has 1 aromatic carbocycles. The first-order chi connectivity index (χ1) is 10.1. The summed E-state index contributed by atoms with van der Waals surface area (Å²) >= 11 is 9.50. The van der Waals surface area contributed by atoms with Crippen molar-refractivity contribution in [3.05, 3.63) is 45.1 Å². The van der Waals surface area contributed by atoms with Gasteiger partial charge in [0.15, 0.2) is 0 Å². The Hall–Kier alpha value is -1.86. The summed E-state index contributed by atoms with van der Waals surface area (Å²) in [6.07, 6.45) is 2.71. The zero-order valence-corrected chi connectivity index (χ0v) is 13.4. The van der Waals surface area contributed by atoms with Gasteiger partial charge in [-0.1, -0.05) is 32.7 Å². The summed E-state index contributed by atoms with van der Waals surface area (Å²) in [7, 11) is 1.43. The molecule has 0 aliphatic heterocycles. The first-order valence-corrected chi connectivity index (χ1v) is 7.02. The molecule has 8 heteroatoms. The third kappa shape index (κ3) is 4.05. The zero-order chi connectivity index (χ0) is 15.2. The van der Waals surface area contributed by atoms with Gasteiger partial charge in [0.1, 0.15) is 31.4 Å². The van der Waals surface area contributed by atoms with Gasteiger partial charge in [0, 0.05) is 15.1 Å². The van der Waals surface area contributed by atoms with Crippen molar-refractivity contribution in [2.45, 2.75) is 6.61 Å². The molecule has 0 aliphatic rings. The number of anilines is 1. The van der Waals surface area contributed by atoms with Gasteiger partial charge in [-0.15, -0.1) is 0 Å². The molecule has 110 valence electrons. The average Bonchev–Trinajstić information content (AvgIpc) is 2.47. The van der Waals surface area contributed by atoms with Crippen LogP contribution in [0.5, 0.6) is 5.88 Å². The predicted octanol–water partition coefficient (Wildman–Crippen LogP) is 3.03. The molecule has 2 rings (SSSR count). The van der Waals surface area contributed by atoms with E-state index in [1.54, 1.807) is 6.07 Å². The Kier molecular flexibility index (Phi) is 5.35. The van der Waals surface area contributed by atoms with Crippen LogP contribution in [0.3, 0.4) is 0 Å². The fraction of sp³-hybridized carbons (Fsp3) is 0.154. The molecule has 0 atom stereocenters. The summed E-state index contributed by atoms with van der Waals surface area (Å²) in [6.45, 7) is 0.239. The second-order valence-corrected chi connectivity index (χ2v) is 5.24. The number of hydrogen-bond acceptors (Lipinski definition) is 6. The summed E-state index contributed by atoms with van der Waals surface area (Å²) in [6, 6.07) is 5.51. The van der Waals surface area contributed by atoms with E-state index in [2.05, 4.69) is 35.9 Å². The highest BCUT2D eigenvalue weighted by atomic mass is 79.9. The molecule has 0 unspecified atom stereocenters.